The second-order valence-electron chi connectivity index (χ2n) is 5.67. The van der Waals surface area contributed by atoms with E-state index >= 15 is 0 Å². The predicted molar refractivity (Wildman–Crippen MR) is 100 cm³/mol. The van der Waals surface area contributed by atoms with E-state index in [0.717, 1.165) is 0 Å². The van der Waals surface area contributed by atoms with Gasteiger partial charge in [0.1, 0.15) is 17.2 Å². The van der Waals surface area contributed by atoms with Crippen LogP contribution in [0.25, 0.3) is 0 Å². The van der Waals surface area contributed by atoms with Gasteiger partial charge in [-0.25, -0.2) is 9.78 Å². The van der Waals surface area contributed by atoms with Crippen molar-refractivity contribution >= 4 is 34.9 Å². The van der Waals surface area contributed by atoms with Gasteiger partial charge in [-0.15, -0.1) is 10.2 Å². The highest BCUT2D eigenvalue weighted by molar-refractivity contribution is 5.93. The van der Waals surface area contributed by atoms with Gasteiger partial charge < -0.3 is 31.7 Å². The molecule has 0 aliphatic carbocycles. The smallest absolute Gasteiger partial charge is 0.342 e. The van der Waals surface area contributed by atoms with Crippen LogP contribution < -0.4 is 21.5 Å². The fourth-order valence-electron chi connectivity index (χ4n) is 1.85. The van der Waals surface area contributed by atoms with E-state index in [9.17, 15) is 14.7 Å². The van der Waals surface area contributed by atoms with Crippen LogP contribution in [0.2, 0.25) is 0 Å². The minimum absolute atomic E-state index is 0.0106. The minimum Gasteiger partial charge on any atom is -0.422 e. The molecule has 0 saturated carbocycles. The summed E-state index contributed by atoms with van der Waals surface area (Å²) in [5, 5.41) is 28.5. The van der Waals surface area contributed by atoms with Crippen LogP contribution in [0, 0.1) is 0 Å². The number of para-hydroxylation sites is 1. The molecule has 1 aromatic carbocycles. The second-order valence-corrected chi connectivity index (χ2v) is 5.67. The molecule has 0 spiro atoms. The molecule has 28 heavy (non-hydrogen) atoms. The Bertz CT molecular complexity index is 886. The first kappa shape index (κ1) is 20.9. The number of nitrogens with zero attached hydrogens (tertiary/aromatic N) is 3. The molecule has 0 aliphatic rings. The Kier molecular flexibility index (Phi) is 7.09. The van der Waals surface area contributed by atoms with E-state index in [0.29, 0.717) is 0 Å². The highest BCUT2D eigenvalue weighted by Crippen LogP contribution is 2.30. The fraction of sp³-hybridized carbons (Fsp3) is 0.235. The van der Waals surface area contributed by atoms with Crippen molar-refractivity contribution in [2.75, 3.05) is 17.7 Å². The first-order chi connectivity index (χ1) is 13.3. The Morgan fingerprint density at radius 2 is 1.89 bits per heavy atom. The number of esters is 1. The molecule has 7 N–H and O–H groups in total. The van der Waals surface area contributed by atoms with Gasteiger partial charge in [-0.1, -0.05) is 12.1 Å². The minimum atomic E-state index is -1.66. The van der Waals surface area contributed by atoms with Crippen LogP contribution in [-0.4, -0.2) is 45.8 Å². The maximum Gasteiger partial charge on any atom is 0.342 e. The molecular formula is C17H20N6O5. The number of ether oxygens (including phenoxy) is 1. The molecule has 0 saturated heterocycles. The van der Waals surface area contributed by atoms with Gasteiger partial charge in [-0.2, -0.15) is 0 Å². The van der Waals surface area contributed by atoms with Crippen LogP contribution in [0.15, 0.2) is 46.6 Å². The summed E-state index contributed by atoms with van der Waals surface area (Å²) in [6, 6.07) is 8.48. The average Bonchev–Trinajstić information content (AvgIpc) is 2.67. The molecule has 0 bridgehead atoms. The molecule has 2 rings (SSSR count). The van der Waals surface area contributed by atoms with Crippen LogP contribution in [0.3, 0.4) is 0 Å². The third kappa shape index (κ3) is 5.54. The van der Waals surface area contributed by atoms with Crippen LogP contribution in [0.4, 0.5) is 23.0 Å². The molecule has 148 valence electrons. The molecule has 11 heteroatoms. The molecule has 0 unspecified atom stereocenters. The van der Waals surface area contributed by atoms with Crippen molar-refractivity contribution in [3.63, 3.8) is 0 Å². The van der Waals surface area contributed by atoms with E-state index in [1.165, 1.54) is 31.2 Å². The van der Waals surface area contributed by atoms with E-state index < -0.39 is 30.6 Å². The van der Waals surface area contributed by atoms with Gasteiger partial charge in [0.15, 0.2) is 17.7 Å². The SMILES string of the molecule is C[C@H](N)C(=O)Nc1ccc(/N=N/c2ccccc2OC(=O)[C@@H](O)CO)c(N)n1. The Labute approximate surface area is 160 Å². The second kappa shape index (κ2) is 9.50. The van der Waals surface area contributed by atoms with Crippen LogP contribution in [0.1, 0.15) is 6.92 Å². The van der Waals surface area contributed by atoms with Crippen molar-refractivity contribution in [3.05, 3.63) is 36.4 Å². The number of nitrogens with one attached hydrogen (secondary N) is 1. The highest BCUT2D eigenvalue weighted by Gasteiger charge is 2.17. The lowest BCUT2D eigenvalue weighted by Gasteiger charge is -2.09. The third-order valence-corrected chi connectivity index (χ3v) is 3.35. The third-order valence-electron chi connectivity index (χ3n) is 3.35. The largest absolute Gasteiger partial charge is 0.422 e. The summed E-state index contributed by atoms with van der Waals surface area (Å²) in [5.74, 6) is -1.18. The van der Waals surface area contributed by atoms with E-state index in [4.69, 9.17) is 21.3 Å². The zero-order valence-electron chi connectivity index (χ0n) is 14.9. The summed E-state index contributed by atoms with van der Waals surface area (Å²) >= 11 is 0. The van der Waals surface area contributed by atoms with E-state index in [1.54, 1.807) is 12.1 Å². The number of pyridine rings is 1. The number of aromatic nitrogens is 1. The van der Waals surface area contributed by atoms with Gasteiger partial charge in [0.25, 0.3) is 0 Å². The number of rotatable bonds is 7. The molecule has 0 radical (unpaired) electrons. The zero-order valence-corrected chi connectivity index (χ0v) is 14.9. The van der Waals surface area contributed by atoms with Crippen molar-refractivity contribution in [1.82, 2.24) is 4.98 Å². The van der Waals surface area contributed by atoms with Crippen molar-refractivity contribution < 1.29 is 24.5 Å². The molecule has 0 fully saturated rings. The summed E-state index contributed by atoms with van der Waals surface area (Å²) in [6.07, 6.45) is -1.66. The van der Waals surface area contributed by atoms with E-state index in [-0.39, 0.29) is 28.8 Å². The molecule has 2 atom stereocenters. The Morgan fingerprint density at radius 3 is 2.54 bits per heavy atom. The van der Waals surface area contributed by atoms with Crippen LogP contribution >= 0.6 is 0 Å². The van der Waals surface area contributed by atoms with Crippen molar-refractivity contribution in [2.24, 2.45) is 16.0 Å². The maximum atomic E-state index is 11.6. The summed E-state index contributed by atoms with van der Waals surface area (Å²) in [4.78, 5) is 27.2. The number of benzene rings is 1. The quantitative estimate of drug-likeness (QED) is 0.259. The Balaban J connectivity index is 2.18. The zero-order chi connectivity index (χ0) is 20.7. The molecular weight excluding hydrogens is 368 g/mol. The number of anilines is 2. The maximum absolute atomic E-state index is 11.6. The van der Waals surface area contributed by atoms with Crippen LogP contribution in [0.5, 0.6) is 5.75 Å². The standard InChI is InChI=1S/C17H20N6O5/c1-9(18)16(26)21-14-7-6-11(15(19)20-14)23-22-10-4-2-3-5-13(10)28-17(27)12(25)8-24/h2-7,9,12,24-25H,8,18H2,1H3,(H3,19,20,21,26)/b23-22+/t9-,12-/m0/s1. The first-order valence-electron chi connectivity index (χ1n) is 8.16. The number of carbonyl (C=O) groups is 2. The molecule has 1 amide bonds. The number of azo groups is 1. The van der Waals surface area contributed by atoms with Gasteiger partial charge >= 0.3 is 5.97 Å². The number of aliphatic hydroxyl groups excluding tert-OH is 2. The topological polar surface area (TPSA) is 186 Å². The summed E-state index contributed by atoms with van der Waals surface area (Å²) in [5.41, 5.74) is 11.7. The number of carbonyl (C=O) groups excluding carboxylic acids is 2. The molecule has 0 aliphatic heterocycles. The van der Waals surface area contributed by atoms with Gasteiger partial charge in [-0.3, -0.25) is 4.79 Å². The van der Waals surface area contributed by atoms with Crippen molar-refractivity contribution in [1.29, 1.82) is 0 Å². The summed E-state index contributed by atoms with van der Waals surface area (Å²) in [6.45, 7) is 0.766. The van der Waals surface area contributed by atoms with Crippen LogP contribution in [-0.2, 0) is 9.59 Å². The number of hydrogen-bond donors (Lipinski definition) is 5. The first-order valence-corrected chi connectivity index (χ1v) is 8.16. The molecule has 1 heterocycles. The lowest BCUT2D eigenvalue weighted by atomic mass is 10.3. The average molecular weight is 388 g/mol. The van der Waals surface area contributed by atoms with Crippen molar-refractivity contribution in [3.8, 4) is 5.75 Å². The number of hydrogen-bond acceptors (Lipinski definition) is 10. The van der Waals surface area contributed by atoms with Gasteiger partial charge in [0.05, 0.1) is 12.6 Å². The van der Waals surface area contributed by atoms with Gasteiger partial charge in [0.2, 0.25) is 5.91 Å². The molecule has 1 aromatic heterocycles. The van der Waals surface area contributed by atoms with Crippen molar-refractivity contribution in [2.45, 2.75) is 19.1 Å². The number of aliphatic hydroxyl groups is 2. The van der Waals surface area contributed by atoms with E-state index in [1.807, 2.05) is 0 Å². The predicted octanol–water partition coefficient (Wildman–Crippen LogP) is 0.623. The summed E-state index contributed by atoms with van der Waals surface area (Å²) in [7, 11) is 0. The summed E-state index contributed by atoms with van der Waals surface area (Å²) < 4.78 is 4.99. The highest BCUT2D eigenvalue weighted by atomic mass is 16.6. The van der Waals surface area contributed by atoms with E-state index in [2.05, 4.69) is 20.5 Å². The number of nitrogens with two attached hydrogens (primary N) is 2. The molecule has 11 nitrogen and oxygen atoms in total. The number of amides is 1. The fourth-order valence-corrected chi connectivity index (χ4v) is 1.85. The normalized spacial score (nSPS) is 13.1. The monoisotopic (exact) mass is 388 g/mol. The van der Waals surface area contributed by atoms with Gasteiger partial charge in [-0.05, 0) is 31.2 Å². The Hall–Kier alpha value is -3.41. The Morgan fingerprint density at radius 1 is 1.21 bits per heavy atom. The lowest BCUT2D eigenvalue weighted by Crippen LogP contribution is -2.32. The number of nitrogen functional groups attached to an aromatic ring is 1. The van der Waals surface area contributed by atoms with Gasteiger partial charge in [0, 0.05) is 0 Å². The lowest BCUT2D eigenvalue weighted by molar-refractivity contribution is -0.145. The molecule has 2 aromatic rings.